The maximum Gasteiger partial charge on any atom is 0.209 e. The molecule has 0 saturated heterocycles. The molecule has 0 aliphatic carbocycles. The van der Waals surface area contributed by atoms with Crippen LogP contribution in [-0.2, 0) is 13.2 Å². The Labute approximate surface area is 157 Å². The summed E-state index contributed by atoms with van der Waals surface area (Å²) in [6, 6.07) is 16.7. The van der Waals surface area contributed by atoms with Crippen LogP contribution in [0.3, 0.4) is 0 Å². The zero-order valence-corrected chi connectivity index (χ0v) is 16.3. The lowest BCUT2D eigenvalue weighted by atomic mass is 10.1. The third-order valence-corrected chi connectivity index (χ3v) is 5.18. The summed E-state index contributed by atoms with van der Waals surface area (Å²) in [5.41, 5.74) is 4.87. The fourth-order valence-electron chi connectivity index (χ4n) is 2.65. The Morgan fingerprint density at radius 3 is 2.72 bits per heavy atom. The second-order valence-corrected chi connectivity index (χ2v) is 7.87. The third-order valence-electron chi connectivity index (χ3n) is 3.95. The summed E-state index contributed by atoms with van der Waals surface area (Å²) >= 11 is 6.97. The summed E-state index contributed by atoms with van der Waals surface area (Å²) < 4.78 is 2.64. The molecule has 3 aromatic rings. The molecule has 0 radical (unpaired) electrons. The predicted molar refractivity (Wildman–Crippen MR) is 108 cm³/mol. The molecule has 1 aromatic heterocycles. The minimum Gasteiger partial charge on any atom is -0.330 e. The molecule has 0 fully saturated rings. The number of nitrogens with one attached hydrogen (secondary N) is 1. The monoisotopic (exact) mass is 370 g/mol. The molecule has 0 unspecified atom stereocenters. The molecule has 0 atom stereocenters. The van der Waals surface area contributed by atoms with Gasteiger partial charge in [-0.25, -0.2) is 4.68 Å². The lowest BCUT2D eigenvalue weighted by Crippen LogP contribution is -2.22. The SMILES string of the molecule is Cc1cccc(Nc2nn(CN(C)Cc3ccccc3C)c(=S)s2)c1. The molecular formula is C19H22N4S2. The fourth-order valence-corrected chi connectivity index (χ4v) is 3.66. The summed E-state index contributed by atoms with van der Waals surface area (Å²) in [5.74, 6) is 0. The van der Waals surface area contributed by atoms with Crippen LogP contribution < -0.4 is 5.32 Å². The van der Waals surface area contributed by atoms with Crippen molar-refractivity contribution in [3.8, 4) is 0 Å². The molecule has 0 amide bonds. The van der Waals surface area contributed by atoms with Crippen LogP contribution in [-0.4, -0.2) is 21.7 Å². The molecule has 1 N–H and O–H groups in total. The van der Waals surface area contributed by atoms with Gasteiger partial charge in [-0.05, 0) is 61.9 Å². The van der Waals surface area contributed by atoms with E-state index in [1.165, 1.54) is 28.0 Å². The zero-order chi connectivity index (χ0) is 17.8. The standard InChI is InChI=1S/C19H22N4S2/c1-14-7-6-10-17(11-14)20-18-21-23(19(24)25-18)13-22(3)12-16-9-5-4-8-15(16)2/h4-11H,12-13H2,1-3H3,(H,20,21). The molecule has 0 spiro atoms. The smallest absolute Gasteiger partial charge is 0.209 e. The van der Waals surface area contributed by atoms with Gasteiger partial charge in [0.2, 0.25) is 5.13 Å². The molecule has 0 saturated carbocycles. The normalized spacial score (nSPS) is 11.0. The van der Waals surface area contributed by atoms with Gasteiger partial charge in [-0.15, -0.1) is 5.10 Å². The van der Waals surface area contributed by atoms with E-state index in [0.29, 0.717) is 6.67 Å². The van der Waals surface area contributed by atoms with Gasteiger partial charge in [-0.3, -0.25) is 4.90 Å². The Balaban J connectivity index is 1.68. The lowest BCUT2D eigenvalue weighted by Gasteiger charge is -2.17. The van der Waals surface area contributed by atoms with Crippen molar-refractivity contribution < 1.29 is 0 Å². The van der Waals surface area contributed by atoms with Crippen LogP contribution in [0.1, 0.15) is 16.7 Å². The van der Waals surface area contributed by atoms with Gasteiger partial charge in [0.15, 0.2) is 3.95 Å². The molecule has 4 nitrogen and oxygen atoms in total. The highest BCUT2D eigenvalue weighted by Crippen LogP contribution is 2.21. The van der Waals surface area contributed by atoms with Gasteiger partial charge >= 0.3 is 0 Å². The molecule has 6 heteroatoms. The first-order valence-corrected chi connectivity index (χ1v) is 9.38. The second-order valence-electron chi connectivity index (χ2n) is 6.25. The first-order chi connectivity index (χ1) is 12.0. The van der Waals surface area contributed by atoms with Crippen LogP contribution in [0, 0.1) is 17.8 Å². The second kappa shape index (κ2) is 7.91. The average molecular weight is 371 g/mol. The molecule has 3 rings (SSSR count). The van der Waals surface area contributed by atoms with Gasteiger partial charge in [-0.1, -0.05) is 47.7 Å². The number of hydrogen-bond donors (Lipinski definition) is 1. The number of rotatable bonds is 6. The quantitative estimate of drug-likeness (QED) is 0.610. The summed E-state index contributed by atoms with van der Waals surface area (Å²) in [7, 11) is 2.08. The minimum atomic E-state index is 0.666. The first-order valence-electron chi connectivity index (χ1n) is 8.16. The Morgan fingerprint density at radius 2 is 1.96 bits per heavy atom. The van der Waals surface area contributed by atoms with Gasteiger partial charge in [0.05, 0.1) is 6.67 Å². The van der Waals surface area contributed by atoms with Crippen LogP contribution in [0.15, 0.2) is 48.5 Å². The minimum absolute atomic E-state index is 0.666. The number of benzene rings is 2. The number of aromatic nitrogens is 2. The van der Waals surface area contributed by atoms with E-state index in [9.17, 15) is 0 Å². The molecule has 1 heterocycles. The lowest BCUT2D eigenvalue weighted by molar-refractivity contribution is 0.245. The van der Waals surface area contributed by atoms with Crippen molar-refractivity contribution in [3.63, 3.8) is 0 Å². The Bertz CT molecular complexity index is 914. The van der Waals surface area contributed by atoms with E-state index in [-0.39, 0.29) is 0 Å². The van der Waals surface area contributed by atoms with Crippen LogP contribution in [0.4, 0.5) is 10.8 Å². The summed E-state index contributed by atoms with van der Waals surface area (Å²) in [6.07, 6.45) is 0. The molecule has 0 bridgehead atoms. The first kappa shape index (κ1) is 17.8. The molecule has 2 aromatic carbocycles. The Morgan fingerprint density at radius 1 is 1.16 bits per heavy atom. The highest BCUT2D eigenvalue weighted by atomic mass is 32.1. The van der Waals surface area contributed by atoms with Crippen LogP contribution in [0.2, 0.25) is 0 Å². The van der Waals surface area contributed by atoms with Gasteiger partial charge < -0.3 is 5.32 Å². The third kappa shape index (κ3) is 4.75. The van der Waals surface area contributed by atoms with Crippen molar-refractivity contribution in [2.45, 2.75) is 27.1 Å². The maximum atomic E-state index is 5.48. The number of aryl methyl sites for hydroxylation is 2. The number of nitrogens with zero attached hydrogens (tertiary/aromatic N) is 3. The molecular weight excluding hydrogens is 348 g/mol. The van der Waals surface area contributed by atoms with Crippen molar-refractivity contribution in [1.29, 1.82) is 0 Å². The van der Waals surface area contributed by atoms with E-state index in [0.717, 1.165) is 21.3 Å². The fraction of sp³-hybridized carbons (Fsp3) is 0.263. The van der Waals surface area contributed by atoms with Gasteiger partial charge in [0.25, 0.3) is 0 Å². The van der Waals surface area contributed by atoms with Gasteiger partial charge in [0.1, 0.15) is 0 Å². The zero-order valence-electron chi connectivity index (χ0n) is 14.7. The van der Waals surface area contributed by atoms with Crippen LogP contribution in [0.25, 0.3) is 0 Å². The molecule has 130 valence electrons. The van der Waals surface area contributed by atoms with E-state index in [1.54, 1.807) is 0 Å². The predicted octanol–water partition coefficient (Wildman–Crippen LogP) is 5.12. The number of hydrogen-bond acceptors (Lipinski definition) is 5. The summed E-state index contributed by atoms with van der Waals surface area (Å²) in [6.45, 7) is 5.75. The maximum absolute atomic E-state index is 5.48. The molecule has 0 aliphatic heterocycles. The van der Waals surface area contributed by atoms with Crippen molar-refractivity contribution >= 4 is 34.4 Å². The topological polar surface area (TPSA) is 33.1 Å². The number of anilines is 2. The van der Waals surface area contributed by atoms with Crippen molar-refractivity contribution in [2.24, 2.45) is 0 Å². The van der Waals surface area contributed by atoms with Gasteiger partial charge in [-0.2, -0.15) is 0 Å². The van der Waals surface area contributed by atoms with Crippen LogP contribution >= 0.6 is 23.6 Å². The highest BCUT2D eigenvalue weighted by molar-refractivity contribution is 7.73. The van der Waals surface area contributed by atoms with Gasteiger partial charge in [0, 0.05) is 12.2 Å². The molecule has 0 aliphatic rings. The summed E-state index contributed by atoms with van der Waals surface area (Å²) in [5, 5.41) is 8.78. The van der Waals surface area contributed by atoms with Crippen LogP contribution in [0.5, 0.6) is 0 Å². The average Bonchev–Trinajstić information content (AvgIpc) is 2.89. The molecule has 25 heavy (non-hydrogen) atoms. The Hall–Kier alpha value is -2.02. The van der Waals surface area contributed by atoms with E-state index in [1.807, 2.05) is 16.8 Å². The summed E-state index contributed by atoms with van der Waals surface area (Å²) in [4.78, 5) is 2.22. The van der Waals surface area contributed by atoms with E-state index >= 15 is 0 Å². The Kier molecular flexibility index (Phi) is 5.63. The largest absolute Gasteiger partial charge is 0.330 e. The van der Waals surface area contributed by atoms with Crippen molar-refractivity contribution in [1.82, 2.24) is 14.7 Å². The van der Waals surface area contributed by atoms with E-state index < -0.39 is 0 Å². The van der Waals surface area contributed by atoms with Crippen molar-refractivity contribution in [2.75, 3.05) is 12.4 Å². The van der Waals surface area contributed by atoms with Crippen molar-refractivity contribution in [3.05, 3.63) is 69.2 Å². The highest BCUT2D eigenvalue weighted by Gasteiger charge is 2.08. The van der Waals surface area contributed by atoms with E-state index in [2.05, 4.69) is 72.6 Å². The van der Waals surface area contributed by atoms with E-state index in [4.69, 9.17) is 12.2 Å².